The Labute approximate surface area is 140 Å². The molecule has 2 heteroatoms. The van der Waals surface area contributed by atoms with Crippen LogP contribution in [0.15, 0.2) is 48.5 Å². The predicted molar refractivity (Wildman–Crippen MR) is 98.0 cm³/mol. The Balaban J connectivity index is 1.80. The van der Waals surface area contributed by atoms with Crippen LogP contribution in [0.25, 0.3) is 0 Å². The Kier molecular flexibility index (Phi) is 7.15. The van der Waals surface area contributed by atoms with Gasteiger partial charge < -0.3 is 10.1 Å². The molecule has 0 spiro atoms. The number of benzene rings is 2. The fourth-order valence-corrected chi connectivity index (χ4v) is 2.53. The minimum Gasteiger partial charge on any atom is -0.493 e. The number of rotatable bonds is 9. The molecule has 2 aromatic carbocycles. The second-order valence-electron chi connectivity index (χ2n) is 6.49. The van der Waals surface area contributed by atoms with E-state index in [1.807, 2.05) is 6.07 Å². The highest BCUT2D eigenvalue weighted by molar-refractivity contribution is 5.33. The molecule has 0 aromatic heterocycles. The van der Waals surface area contributed by atoms with Crippen molar-refractivity contribution in [2.24, 2.45) is 5.92 Å². The first-order valence-electron chi connectivity index (χ1n) is 8.62. The summed E-state index contributed by atoms with van der Waals surface area (Å²) in [5.41, 5.74) is 4.02. The number of hydrogen-bond acceptors (Lipinski definition) is 2. The SMILES string of the molecule is Cc1ccccc1CCNCc1ccccc1OCCC(C)C. The lowest BCUT2D eigenvalue weighted by Gasteiger charge is -2.13. The minimum atomic E-state index is 0.675. The van der Waals surface area contributed by atoms with Crippen LogP contribution in [0.5, 0.6) is 5.75 Å². The van der Waals surface area contributed by atoms with E-state index in [4.69, 9.17) is 4.74 Å². The molecule has 2 rings (SSSR count). The average Bonchev–Trinajstić information content (AvgIpc) is 2.54. The molecule has 23 heavy (non-hydrogen) atoms. The summed E-state index contributed by atoms with van der Waals surface area (Å²) in [5.74, 6) is 1.69. The van der Waals surface area contributed by atoms with Crippen molar-refractivity contribution in [2.75, 3.05) is 13.2 Å². The van der Waals surface area contributed by atoms with Crippen molar-refractivity contribution >= 4 is 0 Å². The summed E-state index contributed by atoms with van der Waals surface area (Å²) in [6, 6.07) is 16.9. The van der Waals surface area contributed by atoms with Crippen molar-refractivity contribution in [1.82, 2.24) is 5.32 Å². The van der Waals surface area contributed by atoms with E-state index >= 15 is 0 Å². The van der Waals surface area contributed by atoms with E-state index < -0.39 is 0 Å². The number of ether oxygens (including phenoxy) is 1. The average molecular weight is 311 g/mol. The molecule has 2 aromatic rings. The highest BCUT2D eigenvalue weighted by Gasteiger charge is 2.04. The maximum absolute atomic E-state index is 5.94. The third kappa shape index (κ3) is 6.07. The Morgan fingerprint density at radius 3 is 2.39 bits per heavy atom. The lowest BCUT2D eigenvalue weighted by molar-refractivity contribution is 0.286. The Morgan fingerprint density at radius 2 is 1.65 bits per heavy atom. The zero-order chi connectivity index (χ0) is 16.5. The van der Waals surface area contributed by atoms with E-state index in [9.17, 15) is 0 Å². The number of aryl methyl sites for hydroxylation is 1. The van der Waals surface area contributed by atoms with Gasteiger partial charge in [0.2, 0.25) is 0 Å². The lowest BCUT2D eigenvalue weighted by atomic mass is 10.1. The normalized spacial score (nSPS) is 11.0. The van der Waals surface area contributed by atoms with E-state index in [0.717, 1.165) is 38.3 Å². The smallest absolute Gasteiger partial charge is 0.123 e. The van der Waals surface area contributed by atoms with Crippen LogP contribution in [0, 0.1) is 12.8 Å². The summed E-state index contributed by atoms with van der Waals surface area (Å²) >= 11 is 0. The quantitative estimate of drug-likeness (QED) is 0.675. The fourth-order valence-electron chi connectivity index (χ4n) is 2.53. The Morgan fingerprint density at radius 1 is 0.957 bits per heavy atom. The summed E-state index contributed by atoms with van der Waals surface area (Å²) < 4.78 is 5.94. The molecule has 0 bridgehead atoms. The maximum Gasteiger partial charge on any atom is 0.123 e. The summed E-state index contributed by atoms with van der Waals surface area (Å²) in [5, 5.41) is 3.54. The summed E-state index contributed by atoms with van der Waals surface area (Å²) in [4.78, 5) is 0. The van der Waals surface area contributed by atoms with Crippen molar-refractivity contribution in [3.05, 3.63) is 65.2 Å². The summed E-state index contributed by atoms with van der Waals surface area (Å²) in [6.07, 6.45) is 2.15. The predicted octanol–water partition coefficient (Wildman–Crippen LogP) is 4.75. The fraction of sp³-hybridized carbons (Fsp3) is 0.429. The molecule has 0 amide bonds. The van der Waals surface area contributed by atoms with Gasteiger partial charge in [-0.3, -0.25) is 0 Å². The summed E-state index contributed by atoms with van der Waals surface area (Å²) in [6.45, 7) is 9.24. The standard InChI is InChI=1S/C21H29NO/c1-17(2)13-15-23-21-11-7-6-10-20(21)16-22-14-12-19-9-5-4-8-18(19)3/h4-11,17,22H,12-16H2,1-3H3. The van der Waals surface area contributed by atoms with Crippen molar-refractivity contribution < 1.29 is 4.74 Å². The molecule has 124 valence electrons. The molecule has 2 nitrogen and oxygen atoms in total. The molecule has 0 aliphatic carbocycles. The van der Waals surface area contributed by atoms with Crippen LogP contribution in [0.1, 0.15) is 37.0 Å². The van der Waals surface area contributed by atoms with Gasteiger partial charge in [-0.1, -0.05) is 56.3 Å². The van der Waals surface area contributed by atoms with Crippen LogP contribution in [0.2, 0.25) is 0 Å². The van der Waals surface area contributed by atoms with Crippen LogP contribution in [-0.2, 0) is 13.0 Å². The van der Waals surface area contributed by atoms with Crippen LogP contribution in [0.3, 0.4) is 0 Å². The van der Waals surface area contributed by atoms with Crippen molar-refractivity contribution in [2.45, 2.75) is 40.2 Å². The molecule has 0 atom stereocenters. The second kappa shape index (κ2) is 9.36. The van der Waals surface area contributed by atoms with Gasteiger partial charge >= 0.3 is 0 Å². The Hall–Kier alpha value is -1.80. The van der Waals surface area contributed by atoms with Gasteiger partial charge in [0.25, 0.3) is 0 Å². The van der Waals surface area contributed by atoms with Crippen LogP contribution in [-0.4, -0.2) is 13.2 Å². The van der Waals surface area contributed by atoms with Gasteiger partial charge in [0.15, 0.2) is 0 Å². The zero-order valence-corrected chi connectivity index (χ0v) is 14.6. The maximum atomic E-state index is 5.94. The van der Waals surface area contributed by atoms with E-state index in [0.29, 0.717) is 5.92 Å². The highest BCUT2D eigenvalue weighted by Crippen LogP contribution is 2.18. The van der Waals surface area contributed by atoms with Crippen molar-refractivity contribution in [1.29, 1.82) is 0 Å². The first-order chi connectivity index (χ1) is 11.2. The van der Waals surface area contributed by atoms with E-state index in [2.05, 4.69) is 68.6 Å². The van der Waals surface area contributed by atoms with Gasteiger partial charge in [0.05, 0.1) is 6.61 Å². The van der Waals surface area contributed by atoms with Crippen LogP contribution < -0.4 is 10.1 Å². The third-order valence-corrected chi connectivity index (χ3v) is 4.07. The van der Waals surface area contributed by atoms with Crippen LogP contribution >= 0.6 is 0 Å². The Bertz CT molecular complexity index is 592. The molecular formula is C21H29NO. The van der Waals surface area contributed by atoms with Crippen LogP contribution in [0.4, 0.5) is 0 Å². The molecule has 0 unspecified atom stereocenters. The minimum absolute atomic E-state index is 0.675. The third-order valence-electron chi connectivity index (χ3n) is 4.07. The zero-order valence-electron chi connectivity index (χ0n) is 14.6. The first-order valence-corrected chi connectivity index (χ1v) is 8.62. The molecule has 0 aliphatic heterocycles. The summed E-state index contributed by atoms with van der Waals surface area (Å²) in [7, 11) is 0. The topological polar surface area (TPSA) is 21.3 Å². The largest absolute Gasteiger partial charge is 0.493 e. The van der Waals surface area contributed by atoms with E-state index in [-0.39, 0.29) is 0 Å². The van der Waals surface area contributed by atoms with Gasteiger partial charge in [0, 0.05) is 12.1 Å². The van der Waals surface area contributed by atoms with E-state index in [1.165, 1.54) is 16.7 Å². The molecule has 0 heterocycles. The molecule has 0 aliphatic rings. The van der Waals surface area contributed by atoms with Gasteiger partial charge in [-0.25, -0.2) is 0 Å². The van der Waals surface area contributed by atoms with Crippen molar-refractivity contribution in [3.8, 4) is 5.75 Å². The first kappa shape index (κ1) is 17.6. The molecule has 0 saturated heterocycles. The van der Waals surface area contributed by atoms with Gasteiger partial charge in [-0.15, -0.1) is 0 Å². The van der Waals surface area contributed by atoms with E-state index in [1.54, 1.807) is 0 Å². The monoisotopic (exact) mass is 311 g/mol. The number of para-hydroxylation sites is 1. The molecule has 0 radical (unpaired) electrons. The van der Waals surface area contributed by atoms with Gasteiger partial charge in [-0.05, 0) is 49.4 Å². The molecular weight excluding hydrogens is 282 g/mol. The number of hydrogen-bond donors (Lipinski definition) is 1. The number of nitrogens with one attached hydrogen (secondary N) is 1. The highest BCUT2D eigenvalue weighted by atomic mass is 16.5. The second-order valence-corrected chi connectivity index (χ2v) is 6.49. The molecule has 0 saturated carbocycles. The molecule has 1 N–H and O–H groups in total. The van der Waals surface area contributed by atoms with Crippen molar-refractivity contribution in [3.63, 3.8) is 0 Å². The van der Waals surface area contributed by atoms with Gasteiger partial charge in [0.1, 0.15) is 5.75 Å². The molecule has 0 fully saturated rings. The van der Waals surface area contributed by atoms with Gasteiger partial charge in [-0.2, -0.15) is 0 Å². The lowest BCUT2D eigenvalue weighted by Crippen LogP contribution is -2.17.